The predicted molar refractivity (Wildman–Crippen MR) is 154 cm³/mol. The summed E-state index contributed by atoms with van der Waals surface area (Å²) < 4.78 is 71.7. The smallest absolute Gasteiger partial charge is 0.352 e. The molecule has 0 radical (unpaired) electrons. The van der Waals surface area contributed by atoms with Gasteiger partial charge < -0.3 is 9.80 Å². The lowest BCUT2D eigenvalue weighted by Gasteiger charge is -2.41. The van der Waals surface area contributed by atoms with E-state index in [-0.39, 0.29) is 54.2 Å². The molecule has 0 saturated carbocycles. The number of hydrogen-bond donors (Lipinski definition) is 0. The summed E-state index contributed by atoms with van der Waals surface area (Å²) in [6, 6.07) is 6.67. The maximum Gasteiger partial charge on any atom is 0.355 e. The molecule has 1 aliphatic heterocycles. The molecule has 1 atom stereocenters. The van der Waals surface area contributed by atoms with E-state index in [9.17, 15) is 32.0 Å². The average molecular weight is 624 g/mol. The Morgan fingerprint density at radius 1 is 1.16 bits per heavy atom. The number of hydrogen-bond acceptors (Lipinski definition) is 9. The van der Waals surface area contributed by atoms with Crippen LogP contribution in [0.2, 0.25) is 0 Å². The first-order valence-electron chi connectivity index (χ1n) is 13.2. The molecule has 0 N–H and O–H groups in total. The summed E-state index contributed by atoms with van der Waals surface area (Å²) in [5, 5.41) is 8.80. The lowest BCUT2D eigenvalue weighted by atomic mass is 10.1. The summed E-state index contributed by atoms with van der Waals surface area (Å²) in [5.41, 5.74) is -2.87. The van der Waals surface area contributed by atoms with Crippen molar-refractivity contribution in [3.63, 3.8) is 0 Å². The third kappa shape index (κ3) is 5.28. The van der Waals surface area contributed by atoms with Crippen LogP contribution in [0.5, 0.6) is 0 Å². The molecule has 1 aliphatic rings. The minimum Gasteiger partial charge on any atom is -0.352 e. The van der Waals surface area contributed by atoms with Crippen molar-refractivity contribution >= 4 is 32.6 Å². The maximum absolute atomic E-state index is 15.8. The van der Waals surface area contributed by atoms with Crippen molar-refractivity contribution in [1.82, 2.24) is 24.4 Å². The molecule has 1 unspecified atom stereocenters. The van der Waals surface area contributed by atoms with Crippen LogP contribution >= 0.6 is 0 Å². The van der Waals surface area contributed by atoms with E-state index in [4.69, 9.17) is 0 Å². The number of aromatic nitrogens is 4. The number of nitrogens with zero attached hydrogens (tertiary/aromatic N) is 7. The topological polar surface area (TPSA) is 142 Å². The fourth-order valence-corrected chi connectivity index (χ4v) is 6.11. The highest BCUT2D eigenvalue weighted by molar-refractivity contribution is 7.90. The Hall–Kier alpha value is -5.10. The highest BCUT2D eigenvalue weighted by Crippen LogP contribution is 2.34. The second kappa shape index (κ2) is 11.5. The molecule has 1 fully saturated rings. The first-order valence-corrected chi connectivity index (χ1v) is 15.0. The monoisotopic (exact) mass is 623 g/mol. The van der Waals surface area contributed by atoms with E-state index in [1.54, 1.807) is 4.90 Å². The number of carbonyl (C=O) groups excluding carboxylic acids is 1. The van der Waals surface area contributed by atoms with E-state index in [0.29, 0.717) is 0 Å². The summed E-state index contributed by atoms with van der Waals surface area (Å²) in [5.74, 6) is -3.85. The first-order chi connectivity index (χ1) is 20.9. The van der Waals surface area contributed by atoms with Gasteiger partial charge in [0.2, 0.25) is 5.91 Å². The summed E-state index contributed by atoms with van der Waals surface area (Å²) >= 11 is 0. The van der Waals surface area contributed by atoms with Crippen molar-refractivity contribution in [3.05, 3.63) is 82.7 Å². The molecule has 4 aromatic rings. The Labute approximate surface area is 249 Å². The molecule has 15 heteroatoms. The Kier molecular flexibility index (Phi) is 7.96. The van der Waals surface area contributed by atoms with Crippen molar-refractivity contribution in [2.75, 3.05) is 30.8 Å². The van der Waals surface area contributed by atoms with Crippen LogP contribution in [0, 0.1) is 35.7 Å². The number of pyridine rings is 2. The van der Waals surface area contributed by atoms with Crippen LogP contribution in [0.3, 0.4) is 0 Å². The van der Waals surface area contributed by atoms with Gasteiger partial charge in [0, 0.05) is 32.1 Å². The third-order valence-corrected chi connectivity index (χ3v) is 8.24. The van der Waals surface area contributed by atoms with E-state index in [2.05, 4.69) is 21.5 Å². The lowest BCUT2D eigenvalue weighted by molar-refractivity contribution is -0.128. The molecule has 1 aromatic carbocycles. The number of sulfone groups is 1. The van der Waals surface area contributed by atoms with Gasteiger partial charge in [0.15, 0.2) is 26.3 Å². The Morgan fingerprint density at radius 2 is 1.86 bits per heavy atom. The molecule has 0 aliphatic carbocycles. The van der Waals surface area contributed by atoms with E-state index in [1.807, 2.05) is 6.07 Å². The third-order valence-electron chi connectivity index (χ3n) is 7.24. The number of carbonyl (C=O) groups is 1. The van der Waals surface area contributed by atoms with E-state index < -0.39 is 61.2 Å². The Bertz CT molecular complexity index is 2040. The zero-order valence-electron chi connectivity index (χ0n) is 23.5. The van der Waals surface area contributed by atoms with Crippen LogP contribution in [-0.4, -0.2) is 70.7 Å². The lowest BCUT2D eigenvalue weighted by Crippen LogP contribution is -2.55. The highest BCUT2D eigenvalue weighted by atomic mass is 32.2. The highest BCUT2D eigenvalue weighted by Gasteiger charge is 2.33. The van der Waals surface area contributed by atoms with Gasteiger partial charge in [-0.1, -0.05) is 12.6 Å². The minimum absolute atomic E-state index is 0.0184. The Morgan fingerprint density at radius 3 is 2.50 bits per heavy atom. The van der Waals surface area contributed by atoms with Gasteiger partial charge in [0.05, 0.1) is 35.2 Å². The average Bonchev–Trinajstić information content (AvgIpc) is 2.97. The van der Waals surface area contributed by atoms with Crippen molar-refractivity contribution in [2.24, 2.45) is 0 Å². The summed E-state index contributed by atoms with van der Waals surface area (Å²) in [6.07, 6.45) is 3.17. The number of piperazine rings is 1. The number of anilines is 1. The second-order valence-corrected chi connectivity index (χ2v) is 12.0. The molecule has 4 heterocycles. The van der Waals surface area contributed by atoms with Crippen LogP contribution in [0.1, 0.15) is 12.0 Å². The van der Waals surface area contributed by atoms with Crippen LogP contribution in [0.25, 0.3) is 28.0 Å². The van der Waals surface area contributed by atoms with Crippen molar-refractivity contribution in [1.29, 1.82) is 5.26 Å². The molecule has 5 rings (SSSR count). The largest absolute Gasteiger partial charge is 0.355 e. The molecular weight excluding hydrogens is 599 g/mol. The molecule has 1 amide bonds. The van der Waals surface area contributed by atoms with Crippen LogP contribution in [0.15, 0.2) is 59.0 Å². The summed E-state index contributed by atoms with van der Waals surface area (Å²) in [4.78, 5) is 41.6. The molecule has 226 valence electrons. The van der Waals surface area contributed by atoms with Crippen LogP contribution in [-0.2, 0) is 14.6 Å². The number of aryl methyl sites for hydroxylation is 1. The van der Waals surface area contributed by atoms with Gasteiger partial charge in [0.25, 0.3) is 0 Å². The van der Waals surface area contributed by atoms with Crippen LogP contribution < -0.4 is 10.6 Å². The van der Waals surface area contributed by atoms with Gasteiger partial charge in [-0.25, -0.2) is 40.9 Å². The number of benzene rings is 1. The summed E-state index contributed by atoms with van der Waals surface area (Å²) in [6.45, 7) is 5.24. The molecule has 11 nitrogen and oxygen atoms in total. The maximum atomic E-state index is 15.8. The number of fused-ring (bicyclic) bond motifs is 1. The fraction of sp³-hybridized carbons (Fsp3) is 0.241. The molecule has 1 saturated heterocycles. The number of rotatable bonds is 6. The SMILES string of the molecule is C=CC(=O)N1CCN(c2nc(=O)n(-c3c(C)ccnc3S(C)(=O)=O)c3nc(-c4c(F)cccc4F)c(F)cc23)CC1CC#N. The van der Waals surface area contributed by atoms with Crippen molar-refractivity contribution in [2.45, 2.75) is 24.4 Å². The number of halogens is 3. The Balaban J connectivity index is 1.85. The molecular formula is C29H24F3N7O4S. The van der Waals surface area contributed by atoms with E-state index in [1.165, 1.54) is 24.1 Å². The zero-order valence-corrected chi connectivity index (χ0v) is 24.3. The number of nitriles is 1. The fourth-order valence-electron chi connectivity index (χ4n) is 5.25. The predicted octanol–water partition coefficient (Wildman–Crippen LogP) is 3.09. The second-order valence-electron chi connectivity index (χ2n) is 10.1. The molecule has 0 bridgehead atoms. The minimum atomic E-state index is -4.04. The summed E-state index contributed by atoms with van der Waals surface area (Å²) in [7, 11) is -4.04. The van der Waals surface area contributed by atoms with Gasteiger partial charge in [-0.2, -0.15) is 10.2 Å². The van der Waals surface area contributed by atoms with Crippen LogP contribution in [0.4, 0.5) is 19.0 Å². The van der Waals surface area contributed by atoms with Crippen molar-refractivity contribution < 1.29 is 26.4 Å². The van der Waals surface area contributed by atoms with E-state index in [0.717, 1.165) is 41.2 Å². The van der Waals surface area contributed by atoms with Gasteiger partial charge in [-0.05, 0) is 42.8 Å². The van der Waals surface area contributed by atoms with Gasteiger partial charge >= 0.3 is 5.69 Å². The zero-order chi connectivity index (χ0) is 31.9. The van der Waals surface area contributed by atoms with Gasteiger partial charge in [-0.15, -0.1) is 0 Å². The number of amides is 1. The van der Waals surface area contributed by atoms with Gasteiger partial charge in [-0.3, -0.25) is 4.79 Å². The molecule has 0 spiro atoms. The van der Waals surface area contributed by atoms with Gasteiger partial charge in [0.1, 0.15) is 23.1 Å². The van der Waals surface area contributed by atoms with Crippen molar-refractivity contribution in [3.8, 4) is 23.0 Å². The van der Waals surface area contributed by atoms with E-state index >= 15 is 4.39 Å². The quantitative estimate of drug-likeness (QED) is 0.296. The standard InChI is InChI=1S/C29H24F3N7O4S/c1-4-22(40)38-13-12-37(15-17(38)8-10-33)26-18-14-21(32)24(23-19(30)6-5-7-20(23)31)35-27(18)39(29(41)36-26)25-16(2)9-11-34-28(25)44(3,42)43/h4-7,9,11,14,17H,1,8,12-13,15H2,2-3H3. The normalized spacial score (nSPS) is 15.3. The molecule has 44 heavy (non-hydrogen) atoms. The molecule has 3 aromatic heterocycles. The first kappa shape index (κ1) is 30.4.